The van der Waals surface area contributed by atoms with Gasteiger partial charge < -0.3 is 14.7 Å². The number of rotatable bonds is 16. The first-order valence-corrected chi connectivity index (χ1v) is 12.0. The fourth-order valence-electron chi connectivity index (χ4n) is 5.26. The van der Waals surface area contributed by atoms with Crippen molar-refractivity contribution in [3.63, 3.8) is 0 Å². The molecule has 0 bridgehead atoms. The molecule has 1 fully saturated rings. The summed E-state index contributed by atoms with van der Waals surface area (Å²) >= 11 is 0. The number of quaternary nitrogens is 1. The Morgan fingerprint density at radius 1 is 0.893 bits per heavy atom. The van der Waals surface area contributed by atoms with Crippen LogP contribution in [-0.2, 0) is 4.79 Å². The van der Waals surface area contributed by atoms with Gasteiger partial charge >= 0.3 is 5.97 Å². The highest BCUT2D eigenvalue weighted by Gasteiger charge is 2.44. The Labute approximate surface area is 174 Å². The number of carboxylic acids is 1. The summed E-state index contributed by atoms with van der Waals surface area (Å²) in [6.45, 7) is 3.88. The van der Waals surface area contributed by atoms with Gasteiger partial charge in [0.25, 0.3) is 0 Å². The number of nitrogens with zero attached hydrogens (tertiary/aromatic N) is 1. The Balaban J connectivity index is 2.07. The second-order valence-electron chi connectivity index (χ2n) is 10.2. The van der Waals surface area contributed by atoms with Gasteiger partial charge in [0.2, 0.25) is 0 Å². The van der Waals surface area contributed by atoms with Crippen LogP contribution < -0.4 is 0 Å². The lowest BCUT2D eigenvalue weighted by Crippen LogP contribution is -2.59. The van der Waals surface area contributed by atoms with E-state index in [0.717, 1.165) is 30.4 Å². The predicted molar refractivity (Wildman–Crippen MR) is 117 cm³/mol. The second-order valence-corrected chi connectivity index (χ2v) is 10.2. The van der Waals surface area contributed by atoms with Gasteiger partial charge in [-0.25, -0.2) is 0 Å². The van der Waals surface area contributed by atoms with E-state index in [1.165, 1.54) is 77.0 Å². The number of aliphatic hydroxyl groups is 1. The number of likely N-dealkylation sites (tertiary alicyclic amines) is 1. The summed E-state index contributed by atoms with van der Waals surface area (Å²) in [7, 11) is 4.23. The average Bonchev–Trinajstić information content (AvgIpc) is 2.56. The second kappa shape index (κ2) is 13.6. The van der Waals surface area contributed by atoms with E-state index in [4.69, 9.17) is 5.11 Å². The Morgan fingerprint density at radius 3 is 1.82 bits per heavy atom. The minimum absolute atomic E-state index is 0.0909. The van der Waals surface area contributed by atoms with Gasteiger partial charge in [0.05, 0.1) is 27.1 Å². The number of piperidine rings is 1. The average molecular weight is 399 g/mol. The molecule has 0 radical (unpaired) electrons. The van der Waals surface area contributed by atoms with E-state index in [9.17, 15) is 9.90 Å². The quantitative estimate of drug-likeness (QED) is 0.256. The van der Waals surface area contributed by atoms with E-state index in [-0.39, 0.29) is 12.3 Å². The molecule has 2 atom stereocenters. The molecule has 0 spiro atoms. The van der Waals surface area contributed by atoms with Crippen LogP contribution in [0.4, 0.5) is 0 Å². The van der Waals surface area contributed by atoms with Crippen molar-refractivity contribution in [2.75, 3.05) is 27.2 Å². The van der Waals surface area contributed by atoms with Crippen molar-refractivity contribution < 1.29 is 19.5 Å². The monoisotopic (exact) mass is 398 g/mol. The van der Waals surface area contributed by atoms with E-state index < -0.39 is 11.6 Å². The predicted octanol–water partition coefficient (Wildman–Crippen LogP) is 5.77. The van der Waals surface area contributed by atoms with Crippen LogP contribution in [0.1, 0.15) is 110 Å². The molecular formula is C24H48NO3+. The van der Waals surface area contributed by atoms with Crippen LogP contribution in [0.2, 0.25) is 0 Å². The van der Waals surface area contributed by atoms with Crippen molar-refractivity contribution in [1.82, 2.24) is 0 Å². The van der Waals surface area contributed by atoms with Crippen molar-refractivity contribution in [2.24, 2.45) is 5.92 Å². The lowest BCUT2D eigenvalue weighted by Gasteiger charge is -2.46. The van der Waals surface area contributed by atoms with Crippen molar-refractivity contribution in [1.29, 1.82) is 0 Å². The van der Waals surface area contributed by atoms with Crippen LogP contribution in [0.5, 0.6) is 0 Å². The third-order valence-corrected chi connectivity index (χ3v) is 6.35. The number of unbranched alkanes of at least 4 members (excludes halogenated alkanes) is 12. The van der Waals surface area contributed by atoms with Gasteiger partial charge in [-0.1, -0.05) is 90.4 Å². The minimum atomic E-state index is -0.741. The molecule has 1 rings (SSSR count). The molecule has 0 saturated carbocycles. The highest BCUT2D eigenvalue weighted by molar-refractivity contribution is 5.67. The topological polar surface area (TPSA) is 57.5 Å². The first kappa shape index (κ1) is 25.4. The van der Waals surface area contributed by atoms with E-state index >= 15 is 0 Å². The molecule has 1 aliphatic rings. The van der Waals surface area contributed by atoms with Gasteiger partial charge in [0.15, 0.2) is 0 Å². The lowest BCUT2D eigenvalue weighted by atomic mass is 9.79. The molecule has 2 N–H and O–H groups in total. The molecule has 0 amide bonds. The van der Waals surface area contributed by atoms with E-state index in [1.807, 2.05) is 0 Å². The molecule has 4 heteroatoms. The van der Waals surface area contributed by atoms with Gasteiger partial charge in [-0.3, -0.25) is 4.79 Å². The smallest absolute Gasteiger partial charge is 0.303 e. The molecule has 4 nitrogen and oxygen atoms in total. The summed E-state index contributed by atoms with van der Waals surface area (Å²) in [5.41, 5.74) is -0.681. The largest absolute Gasteiger partial charge is 0.481 e. The number of hydrogen-bond donors (Lipinski definition) is 2. The van der Waals surface area contributed by atoms with Gasteiger partial charge in [-0.05, 0) is 12.8 Å². The maximum Gasteiger partial charge on any atom is 0.303 e. The first-order valence-electron chi connectivity index (χ1n) is 12.0. The molecule has 0 aromatic rings. The fourth-order valence-corrected chi connectivity index (χ4v) is 5.26. The zero-order valence-corrected chi connectivity index (χ0v) is 19.1. The number of aliphatic carboxylic acids is 1. The molecule has 28 heavy (non-hydrogen) atoms. The summed E-state index contributed by atoms with van der Waals surface area (Å²) in [5.74, 6) is -0.650. The third-order valence-electron chi connectivity index (χ3n) is 6.35. The van der Waals surface area contributed by atoms with Crippen molar-refractivity contribution in [3.05, 3.63) is 0 Å². The molecule has 0 aromatic heterocycles. The van der Waals surface area contributed by atoms with Crippen molar-refractivity contribution in [2.45, 2.75) is 115 Å². The third kappa shape index (κ3) is 12.1. The zero-order chi connectivity index (χ0) is 20.9. The summed E-state index contributed by atoms with van der Waals surface area (Å²) < 4.78 is 0.729. The molecule has 166 valence electrons. The summed E-state index contributed by atoms with van der Waals surface area (Å²) in [4.78, 5) is 11.1. The molecule has 1 saturated heterocycles. The highest BCUT2D eigenvalue weighted by atomic mass is 16.4. The standard InChI is InChI=1S/C24H47NO3/c1-4-5-6-7-8-9-10-11-12-13-14-15-16-17-24(28)19-22(18-23(26)27)20-25(2,3)21-24/h22,28H,4-21H2,1-3H3/p+1/t22-,24-/m0/s1. The van der Waals surface area contributed by atoms with E-state index in [0.29, 0.717) is 6.42 Å². The molecule has 0 aliphatic carbocycles. The van der Waals surface area contributed by atoms with Gasteiger partial charge in [-0.15, -0.1) is 0 Å². The van der Waals surface area contributed by atoms with Gasteiger partial charge in [0.1, 0.15) is 12.1 Å². The van der Waals surface area contributed by atoms with Gasteiger partial charge in [-0.2, -0.15) is 0 Å². The number of hydrogen-bond acceptors (Lipinski definition) is 2. The summed E-state index contributed by atoms with van der Waals surface area (Å²) in [6, 6.07) is 0. The van der Waals surface area contributed by atoms with E-state index in [1.54, 1.807) is 0 Å². The van der Waals surface area contributed by atoms with Crippen LogP contribution in [0, 0.1) is 5.92 Å². The SMILES string of the molecule is CCCCCCCCCCCCCCC[C@]1(O)C[C@H](CC(=O)O)C[N+](C)(C)C1. The lowest BCUT2D eigenvalue weighted by molar-refractivity contribution is -0.906. The summed E-state index contributed by atoms with van der Waals surface area (Å²) in [6.07, 6.45) is 19.0. The van der Waals surface area contributed by atoms with Crippen LogP contribution >= 0.6 is 0 Å². The van der Waals surface area contributed by atoms with Crippen LogP contribution in [0.3, 0.4) is 0 Å². The molecule has 1 heterocycles. The number of carboxylic acid groups (broad SMARTS) is 1. The Morgan fingerprint density at radius 2 is 1.36 bits per heavy atom. The van der Waals surface area contributed by atoms with E-state index in [2.05, 4.69) is 21.0 Å². The van der Waals surface area contributed by atoms with Crippen LogP contribution in [0.25, 0.3) is 0 Å². The normalized spacial score (nSPS) is 24.4. The highest BCUT2D eigenvalue weighted by Crippen LogP contribution is 2.34. The number of carbonyl (C=O) groups is 1. The minimum Gasteiger partial charge on any atom is -0.481 e. The maximum atomic E-state index is 11.1. The van der Waals surface area contributed by atoms with Crippen molar-refractivity contribution >= 4 is 5.97 Å². The number of likely N-dealkylation sites (N-methyl/N-ethyl adjacent to an activating group) is 1. The van der Waals surface area contributed by atoms with Crippen molar-refractivity contribution in [3.8, 4) is 0 Å². The molecule has 0 aromatic carbocycles. The molecular weight excluding hydrogens is 350 g/mol. The Bertz CT molecular complexity index is 424. The summed E-state index contributed by atoms with van der Waals surface area (Å²) in [5, 5.41) is 20.2. The fraction of sp³-hybridized carbons (Fsp3) is 0.958. The van der Waals surface area contributed by atoms with Gasteiger partial charge in [0, 0.05) is 5.92 Å². The molecule has 1 aliphatic heterocycles. The maximum absolute atomic E-state index is 11.1. The van der Waals surface area contributed by atoms with Crippen LogP contribution in [0.15, 0.2) is 0 Å². The Hall–Kier alpha value is -0.610. The first-order chi connectivity index (χ1) is 13.3. The molecule has 0 unspecified atom stereocenters. The zero-order valence-electron chi connectivity index (χ0n) is 19.1. The Kier molecular flexibility index (Phi) is 12.3. The van der Waals surface area contributed by atoms with Crippen LogP contribution in [-0.4, -0.2) is 53.5 Å².